The molecule has 0 saturated carbocycles. The predicted octanol–water partition coefficient (Wildman–Crippen LogP) is 4.47. The van der Waals surface area contributed by atoms with E-state index < -0.39 is 4.92 Å². The monoisotopic (exact) mass is 397 g/mol. The summed E-state index contributed by atoms with van der Waals surface area (Å²) in [5.74, 6) is 0.288. The van der Waals surface area contributed by atoms with Gasteiger partial charge < -0.3 is 9.47 Å². The zero-order valence-corrected chi connectivity index (χ0v) is 14.2. The third-order valence-electron chi connectivity index (χ3n) is 3.55. The number of hydrogen-bond donors (Lipinski definition) is 0. The number of benzene rings is 1. The number of alkyl halides is 1. The lowest BCUT2D eigenvalue weighted by atomic mass is 9.83. The summed E-state index contributed by atoms with van der Waals surface area (Å²) in [6.07, 6.45) is 1.75. The minimum absolute atomic E-state index is 0.0350. The summed E-state index contributed by atoms with van der Waals surface area (Å²) in [5.41, 5.74) is -0.189. The van der Waals surface area contributed by atoms with E-state index in [1.54, 1.807) is 0 Å². The van der Waals surface area contributed by atoms with Crippen molar-refractivity contribution in [2.75, 3.05) is 25.2 Å². The molecule has 8 heteroatoms. The first-order valence-corrected chi connectivity index (χ1v) is 8.25. The van der Waals surface area contributed by atoms with Crippen molar-refractivity contribution in [1.29, 1.82) is 0 Å². The zero-order valence-electron chi connectivity index (χ0n) is 11.1. The van der Waals surface area contributed by atoms with Crippen LogP contribution in [0.4, 0.5) is 5.69 Å². The minimum atomic E-state index is -0.542. The summed E-state index contributed by atoms with van der Waals surface area (Å²) in [4.78, 5) is 10.2. The highest BCUT2D eigenvalue weighted by Crippen LogP contribution is 2.39. The van der Waals surface area contributed by atoms with Crippen LogP contribution < -0.4 is 4.74 Å². The van der Waals surface area contributed by atoms with Crippen LogP contribution >= 0.6 is 39.1 Å². The number of non-ortho nitro benzene ring substituents is 1. The highest BCUT2D eigenvalue weighted by molar-refractivity contribution is 9.09. The molecular formula is C13H14BrCl2NO4. The van der Waals surface area contributed by atoms with E-state index in [-0.39, 0.29) is 26.9 Å². The first-order valence-electron chi connectivity index (χ1n) is 6.37. The van der Waals surface area contributed by atoms with Crippen molar-refractivity contribution in [3.05, 3.63) is 32.3 Å². The number of hydrogen-bond acceptors (Lipinski definition) is 4. The fourth-order valence-electron chi connectivity index (χ4n) is 2.14. The average Bonchev–Trinajstić information content (AvgIpc) is 2.47. The van der Waals surface area contributed by atoms with E-state index in [1.165, 1.54) is 12.1 Å². The Kier molecular flexibility index (Phi) is 5.71. The van der Waals surface area contributed by atoms with Crippen molar-refractivity contribution < 1.29 is 14.4 Å². The standard InChI is InChI=1S/C13H14BrCl2NO4/c14-7-13(1-3-20-4-2-13)8-21-12-10(15)5-9(17(18)19)6-11(12)16/h5-6H,1-4,7-8H2. The quantitative estimate of drug-likeness (QED) is 0.417. The lowest BCUT2D eigenvalue weighted by Crippen LogP contribution is -2.36. The summed E-state index contributed by atoms with van der Waals surface area (Å²) >= 11 is 15.6. The normalized spacial score (nSPS) is 17.5. The fraction of sp³-hybridized carbons (Fsp3) is 0.538. The molecule has 0 amide bonds. The number of nitro benzene ring substituents is 1. The van der Waals surface area contributed by atoms with Crippen molar-refractivity contribution in [1.82, 2.24) is 0 Å². The van der Waals surface area contributed by atoms with Crippen molar-refractivity contribution in [2.24, 2.45) is 5.41 Å². The van der Waals surface area contributed by atoms with Crippen molar-refractivity contribution >= 4 is 44.8 Å². The van der Waals surface area contributed by atoms with Crippen LogP contribution in [0.5, 0.6) is 5.75 Å². The second-order valence-electron chi connectivity index (χ2n) is 5.03. The van der Waals surface area contributed by atoms with E-state index in [1.807, 2.05) is 0 Å². The molecule has 1 fully saturated rings. The van der Waals surface area contributed by atoms with E-state index in [9.17, 15) is 10.1 Å². The van der Waals surface area contributed by atoms with Crippen molar-refractivity contribution in [3.63, 3.8) is 0 Å². The molecule has 116 valence electrons. The first kappa shape index (κ1) is 16.8. The van der Waals surface area contributed by atoms with E-state index in [2.05, 4.69) is 15.9 Å². The molecule has 1 heterocycles. The Morgan fingerprint density at radius 1 is 1.33 bits per heavy atom. The molecular weight excluding hydrogens is 385 g/mol. The molecule has 1 aliphatic rings. The van der Waals surface area contributed by atoms with Crippen LogP contribution in [0.25, 0.3) is 0 Å². The summed E-state index contributed by atoms with van der Waals surface area (Å²) in [7, 11) is 0. The summed E-state index contributed by atoms with van der Waals surface area (Å²) in [5, 5.41) is 11.8. The van der Waals surface area contributed by atoms with Crippen LogP contribution in [0.15, 0.2) is 12.1 Å². The maximum Gasteiger partial charge on any atom is 0.272 e. The molecule has 0 atom stereocenters. The van der Waals surface area contributed by atoms with Crippen LogP contribution in [0.3, 0.4) is 0 Å². The second kappa shape index (κ2) is 7.13. The van der Waals surface area contributed by atoms with Crippen LogP contribution in [0, 0.1) is 15.5 Å². The Hall–Kier alpha value is -0.560. The zero-order chi connectivity index (χ0) is 15.5. The summed E-state index contributed by atoms with van der Waals surface area (Å²) < 4.78 is 11.1. The van der Waals surface area contributed by atoms with Gasteiger partial charge in [0.15, 0.2) is 5.75 Å². The van der Waals surface area contributed by atoms with Crippen molar-refractivity contribution in [2.45, 2.75) is 12.8 Å². The molecule has 1 aromatic carbocycles. The number of nitro groups is 1. The second-order valence-corrected chi connectivity index (χ2v) is 6.41. The number of halogens is 3. The van der Waals surface area contributed by atoms with Gasteiger partial charge in [-0.1, -0.05) is 39.1 Å². The molecule has 0 spiro atoms. The SMILES string of the molecule is O=[N+]([O-])c1cc(Cl)c(OCC2(CBr)CCOCC2)c(Cl)c1. The van der Waals surface area contributed by atoms with Crippen LogP contribution in [-0.2, 0) is 4.74 Å². The van der Waals surface area contributed by atoms with Gasteiger partial charge in [0.05, 0.1) is 21.6 Å². The van der Waals surface area contributed by atoms with Crippen LogP contribution in [0.2, 0.25) is 10.0 Å². The molecule has 2 rings (SSSR count). The van der Waals surface area contributed by atoms with E-state index in [0.717, 1.165) is 18.2 Å². The van der Waals surface area contributed by atoms with Gasteiger partial charge in [0.25, 0.3) is 5.69 Å². The highest BCUT2D eigenvalue weighted by atomic mass is 79.9. The summed E-state index contributed by atoms with van der Waals surface area (Å²) in [6, 6.07) is 2.49. The molecule has 0 radical (unpaired) electrons. The lowest BCUT2D eigenvalue weighted by Gasteiger charge is -2.35. The van der Waals surface area contributed by atoms with Gasteiger partial charge in [-0.3, -0.25) is 10.1 Å². The Labute approximate surface area is 140 Å². The van der Waals surface area contributed by atoms with Gasteiger partial charge >= 0.3 is 0 Å². The van der Waals surface area contributed by atoms with Crippen LogP contribution in [0.1, 0.15) is 12.8 Å². The van der Waals surface area contributed by atoms with Crippen molar-refractivity contribution in [3.8, 4) is 5.75 Å². The van der Waals surface area contributed by atoms with Gasteiger partial charge in [0.1, 0.15) is 0 Å². The molecule has 1 saturated heterocycles. The Bertz CT molecular complexity index is 512. The largest absolute Gasteiger partial charge is 0.490 e. The first-order chi connectivity index (χ1) is 9.97. The predicted molar refractivity (Wildman–Crippen MR) is 84.9 cm³/mol. The molecule has 0 aliphatic carbocycles. The molecule has 1 aromatic rings. The van der Waals surface area contributed by atoms with E-state index >= 15 is 0 Å². The smallest absolute Gasteiger partial charge is 0.272 e. The molecule has 1 aliphatic heterocycles. The van der Waals surface area contributed by atoms with Gasteiger partial charge in [-0.05, 0) is 12.8 Å². The number of rotatable bonds is 5. The Morgan fingerprint density at radius 2 is 1.90 bits per heavy atom. The third-order valence-corrected chi connectivity index (χ3v) is 5.30. The van der Waals surface area contributed by atoms with Gasteiger partial charge in [-0.25, -0.2) is 0 Å². The van der Waals surface area contributed by atoms with E-state index in [4.69, 9.17) is 32.7 Å². The molecule has 21 heavy (non-hydrogen) atoms. The maximum absolute atomic E-state index is 10.7. The van der Waals surface area contributed by atoms with E-state index in [0.29, 0.717) is 19.8 Å². The third kappa shape index (κ3) is 4.00. The number of ether oxygens (including phenoxy) is 2. The van der Waals surface area contributed by atoms with Gasteiger partial charge in [-0.15, -0.1) is 0 Å². The Morgan fingerprint density at radius 3 is 2.38 bits per heavy atom. The number of nitrogens with zero attached hydrogens (tertiary/aromatic N) is 1. The highest BCUT2D eigenvalue weighted by Gasteiger charge is 2.33. The topological polar surface area (TPSA) is 61.6 Å². The van der Waals surface area contributed by atoms with Gasteiger partial charge in [-0.2, -0.15) is 0 Å². The maximum atomic E-state index is 10.7. The fourth-order valence-corrected chi connectivity index (χ4v) is 3.44. The minimum Gasteiger partial charge on any atom is -0.490 e. The summed E-state index contributed by atoms with van der Waals surface area (Å²) in [6.45, 7) is 1.81. The van der Waals surface area contributed by atoms with Gasteiger partial charge in [0.2, 0.25) is 0 Å². The average molecular weight is 399 g/mol. The Balaban J connectivity index is 2.14. The van der Waals surface area contributed by atoms with Crippen LogP contribution in [-0.4, -0.2) is 30.1 Å². The molecule has 0 bridgehead atoms. The molecule has 0 aromatic heterocycles. The molecule has 5 nitrogen and oxygen atoms in total. The molecule has 0 unspecified atom stereocenters. The van der Waals surface area contributed by atoms with Gasteiger partial charge in [0, 0.05) is 36.1 Å². The lowest BCUT2D eigenvalue weighted by molar-refractivity contribution is -0.384. The molecule has 0 N–H and O–H groups in total.